The monoisotopic (exact) mass is 357 g/mol. The largest absolute Gasteiger partial charge is 0.431 e. The Bertz CT molecular complexity index is 745. The molecule has 0 N–H and O–H groups in total. The second-order valence-electron chi connectivity index (χ2n) is 4.14. The Kier molecular flexibility index (Phi) is 4.03. The summed E-state index contributed by atoms with van der Waals surface area (Å²) in [5.74, 6) is -1.03. The third kappa shape index (κ3) is 2.77. The molecule has 0 aliphatic carbocycles. The predicted octanol–water partition coefficient (Wildman–Crippen LogP) is 3.14. The van der Waals surface area contributed by atoms with Crippen LogP contribution in [0.5, 0.6) is 11.6 Å². The topological polar surface area (TPSA) is 87.3 Å². The predicted molar refractivity (Wildman–Crippen MR) is 74.2 cm³/mol. The lowest BCUT2D eigenvalue weighted by Crippen LogP contribution is -2.00. The first-order chi connectivity index (χ1) is 9.85. The van der Waals surface area contributed by atoms with Gasteiger partial charge in [0.25, 0.3) is 0 Å². The molecule has 0 saturated heterocycles. The average molecular weight is 358 g/mol. The van der Waals surface area contributed by atoms with Crippen molar-refractivity contribution in [3.63, 3.8) is 0 Å². The Balaban J connectivity index is 2.56. The number of aromatic nitrogens is 2. The van der Waals surface area contributed by atoms with E-state index in [1.54, 1.807) is 6.92 Å². The quantitative estimate of drug-likeness (QED) is 0.476. The van der Waals surface area contributed by atoms with Gasteiger partial charge >= 0.3 is 5.69 Å². The number of halogens is 2. The number of aldehydes is 1. The minimum atomic E-state index is -0.720. The molecule has 0 radical (unpaired) electrons. The minimum absolute atomic E-state index is 0.00678. The van der Waals surface area contributed by atoms with Gasteiger partial charge in [-0.25, -0.2) is 9.07 Å². The lowest BCUT2D eigenvalue weighted by Gasteiger charge is -2.08. The summed E-state index contributed by atoms with van der Waals surface area (Å²) in [5.41, 5.74) is 0.122. The van der Waals surface area contributed by atoms with E-state index in [0.717, 1.165) is 12.1 Å². The number of hydrogen-bond donors (Lipinski definition) is 0. The van der Waals surface area contributed by atoms with Crippen LogP contribution in [0.15, 0.2) is 16.6 Å². The summed E-state index contributed by atoms with van der Waals surface area (Å²) < 4.78 is 20.1. The maximum Gasteiger partial charge on any atom is 0.312 e. The normalized spacial score (nSPS) is 10.5. The van der Waals surface area contributed by atoms with Gasteiger partial charge in [-0.05, 0) is 22.9 Å². The van der Waals surface area contributed by atoms with Crippen LogP contribution >= 0.6 is 15.9 Å². The molecule has 9 heteroatoms. The number of hydrogen-bond acceptors (Lipinski definition) is 5. The van der Waals surface area contributed by atoms with Gasteiger partial charge < -0.3 is 4.74 Å². The van der Waals surface area contributed by atoms with Crippen molar-refractivity contribution in [2.24, 2.45) is 7.05 Å². The van der Waals surface area contributed by atoms with Gasteiger partial charge in [0, 0.05) is 19.2 Å². The van der Waals surface area contributed by atoms with Crippen molar-refractivity contribution in [3.05, 3.63) is 43.8 Å². The van der Waals surface area contributed by atoms with Crippen LogP contribution in [0.1, 0.15) is 16.1 Å². The number of nitro benzene ring substituents is 1. The van der Waals surface area contributed by atoms with Crippen molar-refractivity contribution in [1.29, 1.82) is 0 Å². The zero-order valence-corrected chi connectivity index (χ0v) is 12.5. The number of aryl methyl sites for hydroxylation is 2. The van der Waals surface area contributed by atoms with Crippen LogP contribution in [0.25, 0.3) is 0 Å². The standard InChI is InChI=1S/C12H9BrFN3O4/c1-6-7(5-18)12(16(2)15-6)21-11-4-9(14)8(13)3-10(11)17(19)20/h3-5H,1-2H3. The van der Waals surface area contributed by atoms with Gasteiger partial charge in [-0.2, -0.15) is 5.10 Å². The molecular formula is C12H9BrFN3O4. The molecule has 2 aromatic rings. The lowest BCUT2D eigenvalue weighted by atomic mass is 10.2. The second-order valence-corrected chi connectivity index (χ2v) is 4.99. The van der Waals surface area contributed by atoms with E-state index in [1.165, 1.54) is 11.7 Å². The molecule has 1 aromatic carbocycles. The van der Waals surface area contributed by atoms with Crippen molar-refractivity contribution < 1.29 is 18.8 Å². The average Bonchev–Trinajstić information content (AvgIpc) is 2.67. The molecule has 1 heterocycles. The molecule has 7 nitrogen and oxygen atoms in total. The number of carbonyl (C=O) groups excluding carboxylic acids is 1. The molecule has 0 fully saturated rings. The lowest BCUT2D eigenvalue weighted by molar-refractivity contribution is -0.385. The van der Waals surface area contributed by atoms with E-state index in [-0.39, 0.29) is 21.7 Å². The maximum absolute atomic E-state index is 13.6. The Hall–Kier alpha value is -2.29. The second kappa shape index (κ2) is 5.60. The highest BCUT2D eigenvalue weighted by molar-refractivity contribution is 9.10. The molecule has 0 saturated carbocycles. The summed E-state index contributed by atoms with van der Waals surface area (Å²) in [6.07, 6.45) is 0.527. The number of nitro groups is 1. The van der Waals surface area contributed by atoms with E-state index in [4.69, 9.17) is 4.74 Å². The first kappa shape index (κ1) is 15.1. The van der Waals surface area contributed by atoms with Crippen LogP contribution in [0.3, 0.4) is 0 Å². The summed E-state index contributed by atoms with van der Waals surface area (Å²) in [6, 6.07) is 1.87. The molecule has 0 bridgehead atoms. The number of ether oxygens (including phenoxy) is 1. The number of rotatable bonds is 4. The van der Waals surface area contributed by atoms with Crippen molar-refractivity contribution in [3.8, 4) is 11.6 Å². The van der Waals surface area contributed by atoms with E-state index in [0.29, 0.717) is 12.0 Å². The van der Waals surface area contributed by atoms with Crippen LogP contribution < -0.4 is 4.74 Å². The fraction of sp³-hybridized carbons (Fsp3) is 0.167. The fourth-order valence-electron chi connectivity index (χ4n) is 1.76. The Morgan fingerprint density at radius 2 is 2.19 bits per heavy atom. The smallest absolute Gasteiger partial charge is 0.312 e. The highest BCUT2D eigenvalue weighted by atomic mass is 79.9. The molecule has 110 valence electrons. The van der Waals surface area contributed by atoms with E-state index in [1.807, 2.05) is 0 Å². The first-order valence-electron chi connectivity index (χ1n) is 5.65. The fourth-order valence-corrected chi connectivity index (χ4v) is 2.09. The number of carbonyl (C=O) groups is 1. The molecule has 1 aromatic heterocycles. The Morgan fingerprint density at radius 3 is 2.76 bits per heavy atom. The minimum Gasteiger partial charge on any atom is -0.431 e. The molecule has 0 atom stereocenters. The highest BCUT2D eigenvalue weighted by Crippen LogP contribution is 2.36. The van der Waals surface area contributed by atoms with Gasteiger partial charge in [-0.15, -0.1) is 0 Å². The van der Waals surface area contributed by atoms with Crippen LogP contribution in [-0.2, 0) is 7.05 Å². The Morgan fingerprint density at radius 1 is 1.52 bits per heavy atom. The summed E-state index contributed by atoms with van der Waals surface area (Å²) in [6.45, 7) is 1.59. The summed E-state index contributed by atoms with van der Waals surface area (Å²) in [5, 5.41) is 15.0. The van der Waals surface area contributed by atoms with Gasteiger partial charge in [0.05, 0.1) is 20.7 Å². The van der Waals surface area contributed by atoms with E-state index in [9.17, 15) is 19.3 Å². The van der Waals surface area contributed by atoms with Gasteiger partial charge in [0.15, 0.2) is 6.29 Å². The molecule has 0 unspecified atom stereocenters. The molecule has 0 aliphatic rings. The zero-order valence-electron chi connectivity index (χ0n) is 11.0. The summed E-state index contributed by atoms with van der Waals surface area (Å²) >= 11 is 2.87. The summed E-state index contributed by atoms with van der Waals surface area (Å²) in [7, 11) is 1.51. The number of nitrogens with zero attached hydrogens (tertiary/aromatic N) is 3. The Labute approximate surface area is 126 Å². The number of benzene rings is 1. The van der Waals surface area contributed by atoms with Crippen molar-refractivity contribution in [1.82, 2.24) is 9.78 Å². The van der Waals surface area contributed by atoms with E-state index >= 15 is 0 Å². The van der Waals surface area contributed by atoms with Crippen molar-refractivity contribution in [2.45, 2.75) is 6.92 Å². The van der Waals surface area contributed by atoms with Crippen LogP contribution in [0, 0.1) is 22.9 Å². The van der Waals surface area contributed by atoms with Crippen LogP contribution in [0.4, 0.5) is 10.1 Å². The SMILES string of the molecule is Cc1nn(C)c(Oc2cc(F)c(Br)cc2[N+](=O)[O-])c1C=O. The van der Waals surface area contributed by atoms with Gasteiger partial charge in [-0.1, -0.05) is 0 Å². The maximum atomic E-state index is 13.6. The third-order valence-corrected chi connectivity index (χ3v) is 3.34. The van der Waals surface area contributed by atoms with Crippen molar-refractivity contribution in [2.75, 3.05) is 0 Å². The van der Waals surface area contributed by atoms with E-state index in [2.05, 4.69) is 21.0 Å². The molecular weight excluding hydrogens is 349 g/mol. The third-order valence-electron chi connectivity index (χ3n) is 2.74. The molecule has 21 heavy (non-hydrogen) atoms. The van der Waals surface area contributed by atoms with E-state index < -0.39 is 16.4 Å². The highest BCUT2D eigenvalue weighted by Gasteiger charge is 2.23. The van der Waals surface area contributed by atoms with Crippen LogP contribution in [-0.4, -0.2) is 21.0 Å². The first-order valence-corrected chi connectivity index (χ1v) is 6.44. The molecule has 2 rings (SSSR count). The molecule has 0 amide bonds. The molecule has 0 spiro atoms. The van der Waals surface area contributed by atoms with Gasteiger partial charge in [-0.3, -0.25) is 14.9 Å². The van der Waals surface area contributed by atoms with Gasteiger partial charge in [0.1, 0.15) is 5.82 Å². The van der Waals surface area contributed by atoms with Crippen molar-refractivity contribution >= 4 is 27.9 Å². The molecule has 0 aliphatic heterocycles. The van der Waals surface area contributed by atoms with Gasteiger partial charge in [0.2, 0.25) is 11.6 Å². The zero-order chi connectivity index (χ0) is 15.7. The van der Waals surface area contributed by atoms with Crippen LogP contribution in [0.2, 0.25) is 0 Å². The summed E-state index contributed by atoms with van der Waals surface area (Å²) in [4.78, 5) is 21.3.